The van der Waals surface area contributed by atoms with Crippen LogP contribution < -0.4 is 4.90 Å². The second kappa shape index (κ2) is 8.66. The van der Waals surface area contributed by atoms with Gasteiger partial charge in [0.05, 0.1) is 17.2 Å². The fourth-order valence-corrected chi connectivity index (χ4v) is 3.89. The van der Waals surface area contributed by atoms with Crippen molar-refractivity contribution in [3.63, 3.8) is 0 Å². The Morgan fingerprint density at radius 1 is 1.10 bits per heavy atom. The largest absolute Gasteiger partial charge is 0.477 e. The van der Waals surface area contributed by atoms with Crippen LogP contribution in [-0.4, -0.2) is 21.9 Å². The van der Waals surface area contributed by atoms with E-state index in [0.29, 0.717) is 11.3 Å². The van der Waals surface area contributed by atoms with Crippen LogP contribution in [0, 0.1) is 10.1 Å². The van der Waals surface area contributed by atoms with Gasteiger partial charge in [-0.1, -0.05) is 49.4 Å². The smallest absolute Gasteiger partial charge is 0.348 e. The highest BCUT2D eigenvalue weighted by atomic mass is 32.1. The number of carbonyl (C=O) groups excluding carboxylic acids is 1. The molecule has 0 saturated carbocycles. The molecule has 0 aliphatic carbocycles. The molecule has 3 aromatic rings. The number of nitro groups is 1. The average Bonchev–Trinajstić information content (AvgIpc) is 3.18. The summed E-state index contributed by atoms with van der Waals surface area (Å²) in [6.45, 7) is 1.83. The Morgan fingerprint density at radius 3 is 2.31 bits per heavy atom. The second-order valence-electron chi connectivity index (χ2n) is 6.25. The van der Waals surface area contributed by atoms with Gasteiger partial charge in [-0.25, -0.2) is 4.79 Å². The lowest BCUT2D eigenvalue weighted by Crippen LogP contribution is -2.30. The van der Waals surface area contributed by atoms with Gasteiger partial charge >= 0.3 is 5.97 Å². The summed E-state index contributed by atoms with van der Waals surface area (Å²) in [6, 6.07) is 16.9. The van der Waals surface area contributed by atoms with E-state index in [2.05, 4.69) is 0 Å². The number of nitro benzene ring substituents is 1. The second-order valence-corrected chi connectivity index (χ2v) is 7.31. The van der Waals surface area contributed by atoms with Gasteiger partial charge in [0.15, 0.2) is 0 Å². The molecule has 0 atom stereocenters. The van der Waals surface area contributed by atoms with Crippen LogP contribution in [0.3, 0.4) is 0 Å². The number of thiophene rings is 1. The average molecular weight is 410 g/mol. The van der Waals surface area contributed by atoms with E-state index in [-0.39, 0.29) is 29.4 Å². The minimum atomic E-state index is -1.11. The first-order valence-corrected chi connectivity index (χ1v) is 9.68. The number of carbonyl (C=O) groups is 2. The van der Waals surface area contributed by atoms with Gasteiger partial charge in [-0.15, -0.1) is 11.3 Å². The summed E-state index contributed by atoms with van der Waals surface area (Å²) in [6.07, 6.45) is 0.197. The van der Waals surface area contributed by atoms with Gasteiger partial charge in [-0.05, 0) is 17.2 Å². The summed E-state index contributed by atoms with van der Waals surface area (Å²) >= 11 is 1.11. The molecule has 8 heteroatoms. The van der Waals surface area contributed by atoms with E-state index in [1.165, 1.54) is 17.0 Å². The molecule has 1 amide bonds. The van der Waals surface area contributed by atoms with Crippen molar-refractivity contribution in [3.8, 4) is 10.4 Å². The van der Waals surface area contributed by atoms with Gasteiger partial charge in [0.25, 0.3) is 5.69 Å². The number of anilines is 1. The van der Waals surface area contributed by atoms with Crippen molar-refractivity contribution in [2.24, 2.45) is 0 Å². The maximum Gasteiger partial charge on any atom is 0.348 e. The van der Waals surface area contributed by atoms with Crippen LogP contribution in [0.2, 0.25) is 0 Å². The van der Waals surface area contributed by atoms with E-state index < -0.39 is 10.9 Å². The quantitative estimate of drug-likeness (QED) is 0.438. The Morgan fingerprint density at radius 2 is 1.76 bits per heavy atom. The first-order valence-electron chi connectivity index (χ1n) is 8.87. The molecule has 0 aliphatic rings. The summed E-state index contributed by atoms with van der Waals surface area (Å²) in [4.78, 5) is 37.1. The molecular formula is C21H18N2O5S. The first kappa shape index (κ1) is 20.2. The number of rotatable bonds is 7. The maximum absolute atomic E-state index is 12.6. The summed E-state index contributed by atoms with van der Waals surface area (Å²) in [5, 5.41) is 20.5. The molecule has 3 rings (SSSR count). The molecule has 0 unspecified atom stereocenters. The highest BCUT2D eigenvalue weighted by Gasteiger charge is 2.25. The van der Waals surface area contributed by atoms with Crippen LogP contribution in [0.5, 0.6) is 0 Å². The van der Waals surface area contributed by atoms with E-state index in [4.69, 9.17) is 0 Å². The molecule has 0 bridgehead atoms. The molecular weight excluding hydrogens is 392 g/mol. The Hall–Kier alpha value is -3.52. The van der Waals surface area contributed by atoms with Gasteiger partial charge in [0.1, 0.15) is 4.88 Å². The lowest BCUT2D eigenvalue weighted by molar-refractivity contribution is -0.384. The molecule has 0 saturated heterocycles. The molecule has 29 heavy (non-hydrogen) atoms. The van der Waals surface area contributed by atoms with Crippen LogP contribution in [0.1, 0.15) is 28.6 Å². The van der Waals surface area contributed by atoms with E-state index in [9.17, 15) is 24.8 Å². The number of aromatic carboxylic acids is 1. The van der Waals surface area contributed by atoms with E-state index >= 15 is 0 Å². The lowest BCUT2D eigenvalue weighted by atomic mass is 10.1. The highest BCUT2D eigenvalue weighted by molar-refractivity contribution is 7.18. The Bertz CT molecular complexity index is 1040. The molecule has 0 spiro atoms. The number of hydrogen-bond acceptors (Lipinski definition) is 5. The minimum absolute atomic E-state index is 0.0461. The Kier molecular flexibility index (Phi) is 6.04. The molecule has 1 N–H and O–H groups in total. The fourth-order valence-electron chi connectivity index (χ4n) is 2.88. The molecule has 2 aromatic carbocycles. The van der Waals surface area contributed by atoms with Crippen molar-refractivity contribution >= 4 is 34.6 Å². The van der Waals surface area contributed by atoms with Crippen molar-refractivity contribution < 1.29 is 19.6 Å². The first-order chi connectivity index (χ1) is 13.9. The highest BCUT2D eigenvalue weighted by Crippen LogP contribution is 2.37. The van der Waals surface area contributed by atoms with Gasteiger partial charge in [0, 0.05) is 23.4 Å². The van der Waals surface area contributed by atoms with Crippen LogP contribution in [0.4, 0.5) is 11.4 Å². The number of hydrogen-bond donors (Lipinski definition) is 1. The van der Waals surface area contributed by atoms with Crippen molar-refractivity contribution in [3.05, 3.63) is 81.2 Å². The van der Waals surface area contributed by atoms with Crippen LogP contribution in [0.25, 0.3) is 10.4 Å². The predicted molar refractivity (Wildman–Crippen MR) is 111 cm³/mol. The van der Waals surface area contributed by atoms with Crippen LogP contribution in [-0.2, 0) is 11.3 Å². The number of nitrogens with zero attached hydrogens (tertiary/aromatic N) is 2. The maximum atomic E-state index is 12.6. The van der Waals surface area contributed by atoms with Crippen molar-refractivity contribution in [1.82, 2.24) is 0 Å². The third-order valence-electron chi connectivity index (χ3n) is 4.35. The molecule has 0 fully saturated rings. The van der Waals surface area contributed by atoms with Crippen LogP contribution in [0.15, 0.2) is 60.7 Å². The topological polar surface area (TPSA) is 101 Å². The summed E-state index contributed by atoms with van der Waals surface area (Å²) in [5.74, 6) is -1.34. The zero-order valence-electron chi connectivity index (χ0n) is 15.6. The number of carboxylic acid groups (broad SMARTS) is 1. The third kappa shape index (κ3) is 4.49. The summed E-state index contributed by atoms with van der Waals surface area (Å²) in [5.41, 5.74) is 1.81. The molecule has 148 valence electrons. The van der Waals surface area contributed by atoms with Gasteiger partial charge in [-0.3, -0.25) is 14.9 Å². The lowest BCUT2D eigenvalue weighted by Gasteiger charge is -2.22. The fraction of sp³-hybridized carbons (Fsp3) is 0.143. The monoisotopic (exact) mass is 410 g/mol. The SMILES string of the molecule is CCC(=O)N(Cc1ccc([N+](=O)[O-])cc1)c1cc(-c2ccccc2)sc1C(=O)O. The zero-order valence-corrected chi connectivity index (χ0v) is 16.4. The van der Waals surface area contributed by atoms with Gasteiger partial charge in [-0.2, -0.15) is 0 Å². The Labute approximate surface area is 171 Å². The van der Waals surface area contributed by atoms with Gasteiger partial charge in [0.2, 0.25) is 5.91 Å². The van der Waals surface area contributed by atoms with E-state index in [0.717, 1.165) is 21.8 Å². The number of amides is 1. The molecule has 0 radical (unpaired) electrons. The van der Waals surface area contributed by atoms with Crippen LogP contribution >= 0.6 is 11.3 Å². The van der Waals surface area contributed by atoms with Crippen molar-refractivity contribution in [1.29, 1.82) is 0 Å². The molecule has 1 aromatic heterocycles. The number of carboxylic acids is 1. The molecule has 7 nitrogen and oxygen atoms in total. The zero-order chi connectivity index (χ0) is 21.0. The normalized spacial score (nSPS) is 10.5. The minimum Gasteiger partial charge on any atom is -0.477 e. The summed E-state index contributed by atoms with van der Waals surface area (Å²) in [7, 11) is 0. The van der Waals surface area contributed by atoms with Crippen molar-refractivity contribution in [2.75, 3.05) is 4.90 Å². The number of non-ortho nitro benzene ring substituents is 1. The number of benzene rings is 2. The van der Waals surface area contributed by atoms with E-state index in [1.54, 1.807) is 25.1 Å². The van der Waals surface area contributed by atoms with Gasteiger partial charge < -0.3 is 10.0 Å². The van der Waals surface area contributed by atoms with E-state index in [1.807, 2.05) is 30.3 Å². The standard InChI is InChI=1S/C21H18N2O5S/c1-2-19(24)22(13-14-8-10-16(11-9-14)23(27)28)17-12-18(29-20(17)21(25)26)15-6-4-3-5-7-15/h3-12H,2,13H2,1H3,(H,25,26). The Balaban J connectivity index is 2.02. The van der Waals surface area contributed by atoms with Crippen molar-refractivity contribution in [2.45, 2.75) is 19.9 Å². The molecule has 0 aliphatic heterocycles. The summed E-state index contributed by atoms with van der Waals surface area (Å²) < 4.78 is 0. The third-order valence-corrected chi connectivity index (χ3v) is 5.51. The molecule has 1 heterocycles. The predicted octanol–water partition coefficient (Wildman–Crippen LogP) is 4.96.